The summed E-state index contributed by atoms with van der Waals surface area (Å²) in [6.07, 6.45) is 6.01. The lowest BCUT2D eigenvalue weighted by molar-refractivity contribution is -0.122. The number of nitrogens with one attached hydrogen (secondary N) is 1. The van der Waals surface area contributed by atoms with E-state index in [9.17, 15) is 4.79 Å². The zero-order valence-electron chi connectivity index (χ0n) is 11.0. The maximum atomic E-state index is 11.7. The van der Waals surface area contributed by atoms with Gasteiger partial charge >= 0.3 is 0 Å². The molecule has 1 aliphatic carbocycles. The number of rotatable bonds is 6. The minimum atomic E-state index is 0.145. The predicted octanol–water partition coefficient (Wildman–Crippen LogP) is 3.56. The summed E-state index contributed by atoms with van der Waals surface area (Å²) in [6, 6.07) is 7.67. The molecule has 1 N–H and O–H groups in total. The average molecular weight is 282 g/mol. The molecule has 0 spiro atoms. The van der Waals surface area contributed by atoms with Gasteiger partial charge < -0.3 is 10.1 Å². The lowest BCUT2D eigenvalue weighted by atomic mass is 10.2. The first-order chi connectivity index (χ1) is 9.24. The number of carbonyl (C=O) groups excluding carboxylic acids is 1. The topological polar surface area (TPSA) is 38.3 Å². The molecule has 0 atom stereocenters. The van der Waals surface area contributed by atoms with E-state index in [0.29, 0.717) is 24.1 Å². The molecule has 3 nitrogen and oxygen atoms in total. The summed E-state index contributed by atoms with van der Waals surface area (Å²) in [7, 11) is 0. The van der Waals surface area contributed by atoms with Crippen molar-refractivity contribution in [1.82, 2.24) is 5.32 Å². The van der Waals surface area contributed by atoms with Crippen molar-refractivity contribution in [2.75, 3.05) is 6.61 Å². The molecule has 4 heteroatoms. The van der Waals surface area contributed by atoms with Gasteiger partial charge in [-0.1, -0.05) is 24.4 Å². The number of benzene rings is 1. The van der Waals surface area contributed by atoms with Crippen LogP contribution in [0.5, 0.6) is 5.75 Å². The monoisotopic (exact) mass is 281 g/mol. The van der Waals surface area contributed by atoms with Crippen LogP contribution in [0.4, 0.5) is 0 Å². The van der Waals surface area contributed by atoms with E-state index in [4.69, 9.17) is 16.3 Å². The van der Waals surface area contributed by atoms with Crippen molar-refractivity contribution in [2.45, 2.75) is 44.6 Å². The quantitative estimate of drug-likeness (QED) is 0.810. The molecule has 0 aromatic heterocycles. The van der Waals surface area contributed by atoms with E-state index in [-0.39, 0.29) is 5.91 Å². The fourth-order valence-electron chi connectivity index (χ4n) is 2.32. The summed E-state index contributed by atoms with van der Waals surface area (Å²) in [6.45, 7) is 0.555. The summed E-state index contributed by atoms with van der Waals surface area (Å²) >= 11 is 5.79. The Morgan fingerprint density at radius 2 is 1.95 bits per heavy atom. The highest BCUT2D eigenvalue weighted by molar-refractivity contribution is 6.30. The Morgan fingerprint density at radius 3 is 2.63 bits per heavy atom. The van der Waals surface area contributed by atoms with Crippen LogP contribution in [0.3, 0.4) is 0 Å². The summed E-state index contributed by atoms with van der Waals surface area (Å²) < 4.78 is 5.54. The van der Waals surface area contributed by atoms with Crippen molar-refractivity contribution in [3.8, 4) is 5.75 Å². The van der Waals surface area contributed by atoms with Gasteiger partial charge in [0.25, 0.3) is 0 Å². The number of ether oxygens (including phenoxy) is 1. The third-order valence-electron chi connectivity index (χ3n) is 3.35. The number of amides is 1. The van der Waals surface area contributed by atoms with Crippen LogP contribution in [0, 0.1) is 0 Å². The normalized spacial score (nSPS) is 15.4. The number of hydrogen-bond donors (Lipinski definition) is 1. The van der Waals surface area contributed by atoms with Crippen molar-refractivity contribution in [3.63, 3.8) is 0 Å². The van der Waals surface area contributed by atoms with Gasteiger partial charge in [-0.15, -0.1) is 0 Å². The molecule has 0 radical (unpaired) electrons. The molecule has 1 aromatic rings. The lowest BCUT2D eigenvalue weighted by Gasteiger charge is -2.11. The standard InChI is InChI=1S/C15H20ClNO2/c16-12-7-9-14(10-8-12)19-11-3-6-15(18)17-13-4-1-2-5-13/h7-10,13H,1-6,11H2,(H,17,18). The molecule has 2 rings (SSSR count). The van der Waals surface area contributed by atoms with Crippen LogP contribution >= 0.6 is 11.6 Å². The van der Waals surface area contributed by atoms with E-state index < -0.39 is 0 Å². The molecule has 1 saturated carbocycles. The fourth-order valence-corrected chi connectivity index (χ4v) is 2.45. The Morgan fingerprint density at radius 1 is 1.26 bits per heavy atom. The smallest absolute Gasteiger partial charge is 0.220 e. The molecule has 1 amide bonds. The van der Waals surface area contributed by atoms with Gasteiger partial charge in [-0.05, 0) is 43.5 Å². The zero-order valence-corrected chi connectivity index (χ0v) is 11.8. The van der Waals surface area contributed by atoms with Gasteiger partial charge in [0.05, 0.1) is 6.61 Å². The first-order valence-electron chi connectivity index (χ1n) is 6.92. The fraction of sp³-hybridized carbons (Fsp3) is 0.533. The Balaban J connectivity index is 1.58. The van der Waals surface area contributed by atoms with Crippen LogP contribution in [0.1, 0.15) is 38.5 Å². The molecular formula is C15H20ClNO2. The number of halogens is 1. The van der Waals surface area contributed by atoms with Gasteiger partial charge in [0.2, 0.25) is 5.91 Å². The first kappa shape index (κ1) is 14.2. The highest BCUT2D eigenvalue weighted by atomic mass is 35.5. The van der Waals surface area contributed by atoms with Gasteiger partial charge in [0.15, 0.2) is 0 Å². The third-order valence-corrected chi connectivity index (χ3v) is 3.60. The second kappa shape index (κ2) is 7.39. The third kappa shape index (κ3) is 5.11. The summed E-state index contributed by atoms with van der Waals surface area (Å²) in [5.74, 6) is 0.937. The van der Waals surface area contributed by atoms with Crippen LogP contribution < -0.4 is 10.1 Å². The van der Waals surface area contributed by atoms with Crippen molar-refractivity contribution >= 4 is 17.5 Å². The zero-order chi connectivity index (χ0) is 13.5. The minimum Gasteiger partial charge on any atom is -0.494 e. The highest BCUT2D eigenvalue weighted by Crippen LogP contribution is 2.18. The van der Waals surface area contributed by atoms with E-state index >= 15 is 0 Å². The Labute approximate surface area is 119 Å². The van der Waals surface area contributed by atoms with E-state index in [1.807, 2.05) is 12.1 Å². The SMILES string of the molecule is O=C(CCCOc1ccc(Cl)cc1)NC1CCCC1. The second-order valence-corrected chi connectivity index (χ2v) is 5.39. The van der Waals surface area contributed by atoms with Crippen molar-refractivity contribution < 1.29 is 9.53 Å². The Hall–Kier alpha value is -1.22. The number of carbonyl (C=O) groups is 1. The van der Waals surface area contributed by atoms with Crippen LogP contribution in [-0.2, 0) is 4.79 Å². The van der Waals surface area contributed by atoms with Crippen LogP contribution in [0.15, 0.2) is 24.3 Å². The maximum Gasteiger partial charge on any atom is 0.220 e. The largest absolute Gasteiger partial charge is 0.494 e. The van der Waals surface area contributed by atoms with Crippen LogP contribution in [0.2, 0.25) is 5.02 Å². The molecule has 1 aromatic carbocycles. The molecule has 19 heavy (non-hydrogen) atoms. The molecule has 0 bridgehead atoms. The lowest BCUT2D eigenvalue weighted by Crippen LogP contribution is -2.32. The maximum absolute atomic E-state index is 11.7. The summed E-state index contributed by atoms with van der Waals surface area (Å²) in [5, 5.41) is 3.77. The van der Waals surface area contributed by atoms with Gasteiger partial charge in [-0.3, -0.25) is 4.79 Å². The predicted molar refractivity (Wildman–Crippen MR) is 76.6 cm³/mol. The minimum absolute atomic E-state index is 0.145. The van der Waals surface area contributed by atoms with E-state index in [2.05, 4.69) is 5.32 Å². The molecule has 0 saturated heterocycles. The van der Waals surface area contributed by atoms with Crippen molar-refractivity contribution in [1.29, 1.82) is 0 Å². The van der Waals surface area contributed by atoms with Gasteiger partial charge in [0.1, 0.15) is 5.75 Å². The van der Waals surface area contributed by atoms with E-state index in [0.717, 1.165) is 25.0 Å². The molecule has 0 heterocycles. The molecule has 0 unspecified atom stereocenters. The number of hydrogen-bond acceptors (Lipinski definition) is 2. The van der Waals surface area contributed by atoms with Crippen molar-refractivity contribution in [3.05, 3.63) is 29.3 Å². The molecule has 1 aliphatic rings. The molecule has 104 valence electrons. The van der Waals surface area contributed by atoms with Gasteiger partial charge in [-0.25, -0.2) is 0 Å². The van der Waals surface area contributed by atoms with Crippen molar-refractivity contribution in [2.24, 2.45) is 0 Å². The van der Waals surface area contributed by atoms with Crippen LogP contribution in [0.25, 0.3) is 0 Å². The Bertz CT molecular complexity index is 399. The Kier molecular flexibility index (Phi) is 5.52. The second-order valence-electron chi connectivity index (χ2n) is 4.95. The molecule has 0 aliphatic heterocycles. The average Bonchev–Trinajstić information content (AvgIpc) is 2.89. The molecule has 1 fully saturated rings. The van der Waals surface area contributed by atoms with E-state index in [1.165, 1.54) is 12.8 Å². The van der Waals surface area contributed by atoms with Gasteiger partial charge in [-0.2, -0.15) is 0 Å². The summed E-state index contributed by atoms with van der Waals surface area (Å²) in [4.78, 5) is 11.7. The first-order valence-corrected chi connectivity index (χ1v) is 7.29. The van der Waals surface area contributed by atoms with E-state index in [1.54, 1.807) is 12.1 Å². The van der Waals surface area contributed by atoms with Crippen LogP contribution in [-0.4, -0.2) is 18.6 Å². The highest BCUT2D eigenvalue weighted by Gasteiger charge is 2.16. The molecular weight excluding hydrogens is 262 g/mol. The summed E-state index contributed by atoms with van der Waals surface area (Å²) in [5.41, 5.74) is 0. The van der Waals surface area contributed by atoms with Gasteiger partial charge in [0, 0.05) is 17.5 Å².